The lowest BCUT2D eigenvalue weighted by molar-refractivity contribution is -0.146. The summed E-state index contributed by atoms with van der Waals surface area (Å²) < 4.78 is 0. The van der Waals surface area contributed by atoms with Crippen LogP contribution in [0.25, 0.3) is 0 Å². The maximum Gasteiger partial charge on any atom is 0.246 e. The van der Waals surface area contributed by atoms with E-state index in [9.17, 15) is 14.4 Å². The lowest BCUT2D eigenvalue weighted by Crippen LogP contribution is -2.59. The van der Waals surface area contributed by atoms with Crippen molar-refractivity contribution >= 4 is 17.7 Å². The molecule has 1 aromatic carbocycles. The van der Waals surface area contributed by atoms with E-state index in [1.807, 2.05) is 30.3 Å². The molecule has 3 rings (SSSR count). The van der Waals surface area contributed by atoms with Gasteiger partial charge in [0.2, 0.25) is 17.7 Å². The fraction of sp³-hybridized carbons (Fsp3) is 0.526. The van der Waals surface area contributed by atoms with Gasteiger partial charge in [-0.15, -0.1) is 0 Å². The Hall–Kier alpha value is -2.41. The highest BCUT2D eigenvalue weighted by Gasteiger charge is 2.46. The molecule has 26 heavy (non-hydrogen) atoms. The molecule has 2 heterocycles. The number of hydrogen-bond acceptors (Lipinski definition) is 4. The van der Waals surface area contributed by atoms with E-state index in [-0.39, 0.29) is 30.3 Å². The lowest BCUT2D eigenvalue weighted by atomic mass is 9.98. The van der Waals surface area contributed by atoms with Crippen molar-refractivity contribution in [2.75, 3.05) is 13.1 Å². The van der Waals surface area contributed by atoms with Crippen LogP contribution in [0.15, 0.2) is 30.3 Å². The van der Waals surface area contributed by atoms with Crippen LogP contribution >= 0.6 is 0 Å². The van der Waals surface area contributed by atoms with Crippen LogP contribution in [0.2, 0.25) is 0 Å². The topological polar surface area (TPSA) is 105 Å². The molecule has 2 fully saturated rings. The number of nitrogens with zero attached hydrogens (tertiary/aromatic N) is 1. The number of amides is 3. The highest BCUT2D eigenvalue weighted by molar-refractivity contribution is 5.93. The summed E-state index contributed by atoms with van der Waals surface area (Å²) in [4.78, 5) is 38.6. The van der Waals surface area contributed by atoms with E-state index in [1.54, 1.807) is 4.90 Å². The standard InChI is InChI=1S/C19H26N4O3/c20-12-17(24)22-15-8-6-14-7-9-16(23(14)19(15)26)18(25)21-11-10-13-4-2-1-3-5-13/h1-5,14-16H,6-12,20H2,(H,21,25)(H,22,24)/t14-,15?,16-/m0/s1. The molecule has 7 heteroatoms. The van der Waals surface area contributed by atoms with Gasteiger partial charge in [-0.3, -0.25) is 14.4 Å². The van der Waals surface area contributed by atoms with Gasteiger partial charge in [0.15, 0.2) is 0 Å². The van der Waals surface area contributed by atoms with E-state index in [4.69, 9.17) is 5.73 Å². The van der Waals surface area contributed by atoms with Crippen molar-refractivity contribution in [3.05, 3.63) is 35.9 Å². The summed E-state index contributed by atoms with van der Waals surface area (Å²) in [5.74, 6) is -0.615. The van der Waals surface area contributed by atoms with Crippen LogP contribution in [-0.2, 0) is 20.8 Å². The first-order valence-electron chi connectivity index (χ1n) is 9.23. The molecule has 2 saturated heterocycles. The lowest BCUT2D eigenvalue weighted by Gasteiger charge is -2.37. The molecule has 1 unspecified atom stereocenters. The van der Waals surface area contributed by atoms with E-state index in [1.165, 1.54) is 0 Å². The van der Waals surface area contributed by atoms with Gasteiger partial charge in [-0.2, -0.15) is 0 Å². The average molecular weight is 358 g/mol. The summed E-state index contributed by atoms with van der Waals surface area (Å²) in [7, 11) is 0. The van der Waals surface area contributed by atoms with Crippen molar-refractivity contribution in [2.45, 2.75) is 50.2 Å². The van der Waals surface area contributed by atoms with Gasteiger partial charge < -0.3 is 21.3 Å². The van der Waals surface area contributed by atoms with Crippen LogP contribution in [0, 0.1) is 0 Å². The maximum absolute atomic E-state index is 12.8. The van der Waals surface area contributed by atoms with Crippen LogP contribution in [0.3, 0.4) is 0 Å². The summed E-state index contributed by atoms with van der Waals surface area (Å²) in [5, 5.41) is 5.62. The number of rotatable bonds is 6. The second kappa shape index (κ2) is 8.31. The van der Waals surface area contributed by atoms with Crippen LogP contribution in [0.1, 0.15) is 31.2 Å². The minimum Gasteiger partial charge on any atom is -0.354 e. The molecule has 1 aromatic rings. The fourth-order valence-corrected chi connectivity index (χ4v) is 3.90. The molecule has 2 aliphatic rings. The molecule has 0 saturated carbocycles. The van der Waals surface area contributed by atoms with Crippen LogP contribution in [0.5, 0.6) is 0 Å². The average Bonchev–Trinajstić information content (AvgIpc) is 3.09. The van der Waals surface area contributed by atoms with E-state index < -0.39 is 12.1 Å². The summed E-state index contributed by atoms with van der Waals surface area (Å²) in [6.07, 6.45) is 3.67. The van der Waals surface area contributed by atoms with E-state index >= 15 is 0 Å². The predicted molar refractivity (Wildman–Crippen MR) is 97.0 cm³/mol. The molecule has 0 bridgehead atoms. The minimum atomic E-state index is -0.569. The van der Waals surface area contributed by atoms with E-state index in [2.05, 4.69) is 10.6 Å². The molecule has 0 radical (unpaired) electrons. The zero-order valence-corrected chi connectivity index (χ0v) is 14.8. The first-order valence-corrected chi connectivity index (χ1v) is 9.23. The number of hydrogen-bond donors (Lipinski definition) is 3. The Kier molecular flexibility index (Phi) is 5.88. The van der Waals surface area contributed by atoms with E-state index in [0.717, 1.165) is 24.8 Å². The molecule has 3 atom stereocenters. The fourth-order valence-electron chi connectivity index (χ4n) is 3.90. The second-order valence-corrected chi connectivity index (χ2v) is 6.92. The summed E-state index contributed by atoms with van der Waals surface area (Å²) in [5.41, 5.74) is 6.48. The van der Waals surface area contributed by atoms with Gasteiger partial charge in [0, 0.05) is 12.6 Å². The summed E-state index contributed by atoms with van der Waals surface area (Å²) in [6, 6.07) is 9.04. The first-order chi connectivity index (χ1) is 12.6. The van der Waals surface area contributed by atoms with Crippen molar-refractivity contribution < 1.29 is 14.4 Å². The molecule has 0 spiro atoms. The summed E-state index contributed by atoms with van der Waals surface area (Å²) in [6.45, 7) is 0.399. The molecule has 7 nitrogen and oxygen atoms in total. The molecule has 4 N–H and O–H groups in total. The Labute approximate surface area is 153 Å². The van der Waals surface area contributed by atoms with E-state index in [0.29, 0.717) is 19.4 Å². The third-order valence-corrected chi connectivity index (χ3v) is 5.22. The largest absolute Gasteiger partial charge is 0.354 e. The third-order valence-electron chi connectivity index (χ3n) is 5.22. The molecule has 140 valence electrons. The van der Waals surface area contributed by atoms with Gasteiger partial charge in [-0.25, -0.2) is 0 Å². The SMILES string of the molecule is NCC(=O)NC1CC[C@H]2CC[C@@H](C(=O)NCCc3ccccc3)N2C1=O. The van der Waals surface area contributed by atoms with Gasteiger partial charge in [-0.05, 0) is 37.7 Å². The Morgan fingerprint density at radius 2 is 1.85 bits per heavy atom. The molecular formula is C19H26N4O3. The van der Waals surface area contributed by atoms with Crippen LogP contribution in [-0.4, -0.2) is 53.8 Å². The maximum atomic E-state index is 12.8. The smallest absolute Gasteiger partial charge is 0.246 e. The molecule has 2 aliphatic heterocycles. The Morgan fingerprint density at radius 3 is 2.58 bits per heavy atom. The number of carbonyl (C=O) groups excluding carboxylic acids is 3. The molecule has 0 aromatic heterocycles. The van der Waals surface area contributed by atoms with Crippen LogP contribution in [0.4, 0.5) is 0 Å². The molecule has 0 aliphatic carbocycles. The minimum absolute atomic E-state index is 0.0957. The number of nitrogens with two attached hydrogens (primary N) is 1. The highest BCUT2D eigenvalue weighted by Crippen LogP contribution is 2.32. The zero-order chi connectivity index (χ0) is 18.5. The molecular weight excluding hydrogens is 332 g/mol. The first kappa shape index (κ1) is 18.4. The quantitative estimate of drug-likeness (QED) is 0.663. The van der Waals surface area contributed by atoms with Crippen molar-refractivity contribution in [2.24, 2.45) is 5.73 Å². The van der Waals surface area contributed by atoms with Crippen molar-refractivity contribution in [3.63, 3.8) is 0 Å². The van der Waals surface area contributed by atoms with Gasteiger partial charge in [0.1, 0.15) is 12.1 Å². The third kappa shape index (κ3) is 4.04. The number of benzene rings is 1. The number of fused-ring (bicyclic) bond motifs is 1. The van der Waals surface area contributed by atoms with Gasteiger partial charge in [0.05, 0.1) is 6.54 Å². The Bertz CT molecular complexity index is 664. The normalized spacial score (nSPS) is 24.9. The second-order valence-electron chi connectivity index (χ2n) is 6.92. The monoisotopic (exact) mass is 358 g/mol. The van der Waals surface area contributed by atoms with Crippen LogP contribution < -0.4 is 16.4 Å². The Morgan fingerprint density at radius 1 is 1.12 bits per heavy atom. The highest BCUT2D eigenvalue weighted by atomic mass is 16.2. The summed E-state index contributed by atoms with van der Waals surface area (Å²) >= 11 is 0. The molecule has 3 amide bonds. The van der Waals surface area contributed by atoms with Crippen molar-refractivity contribution in [1.29, 1.82) is 0 Å². The number of carbonyl (C=O) groups is 3. The zero-order valence-electron chi connectivity index (χ0n) is 14.8. The van der Waals surface area contributed by atoms with Crippen molar-refractivity contribution in [1.82, 2.24) is 15.5 Å². The predicted octanol–water partition coefficient (Wildman–Crippen LogP) is -0.0578. The Balaban J connectivity index is 1.56. The van der Waals surface area contributed by atoms with Gasteiger partial charge >= 0.3 is 0 Å². The number of nitrogens with one attached hydrogen (secondary N) is 2. The number of piperidine rings is 1. The van der Waals surface area contributed by atoms with Crippen molar-refractivity contribution in [3.8, 4) is 0 Å². The van der Waals surface area contributed by atoms with Gasteiger partial charge in [-0.1, -0.05) is 30.3 Å². The van der Waals surface area contributed by atoms with Gasteiger partial charge in [0.25, 0.3) is 0 Å².